The van der Waals surface area contributed by atoms with Crippen molar-refractivity contribution in [2.45, 2.75) is 23.6 Å². The molecule has 1 aromatic carbocycles. The van der Waals surface area contributed by atoms with E-state index in [2.05, 4.69) is 20.5 Å². The second kappa shape index (κ2) is 7.63. The molecule has 8 nitrogen and oxygen atoms in total. The molecular weight excluding hydrogens is 320 g/mol. The van der Waals surface area contributed by atoms with Gasteiger partial charge in [-0.05, 0) is 18.6 Å². The van der Waals surface area contributed by atoms with Gasteiger partial charge in [-0.3, -0.25) is 14.6 Å². The molecule has 0 aliphatic carbocycles. The van der Waals surface area contributed by atoms with Crippen molar-refractivity contribution in [3.05, 3.63) is 45.1 Å². The van der Waals surface area contributed by atoms with E-state index in [9.17, 15) is 14.4 Å². The van der Waals surface area contributed by atoms with Crippen LogP contribution in [0.4, 0.5) is 5.69 Å². The van der Waals surface area contributed by atoms with Crippen LogP contribution in [0.1, 0.15) is 13.3 Å². The normalized spacial score (nSPS) is 11.7. The first kappa shape index (κ1) is 16.8. The van der Waals surface area contributed by atoms with Gasteiger partial charge < -0.3 is 10.1 Å². The summed E-state index contributed by atoms with van der Waals surface area (Å²) in [5, 5.41) is 8.09. The largest absolute Gasteiger partial charge is 0.497 e. The molecule has 0 aliphatic heterocycles. The number of anilines is 1. The molecule has 9 heteroatoms. The molecule has 0 bridgehead atoms. The van der Waals surface area contributed by atoms with Crippen LogP contribution in [0.25, 0.3) is 0 Å². The Morgan fingerprint density at radius 1 is 1.43 bits per heavy atom. The van der Waals surface area contributed by atoms with E-state index >= 15 is 0 Å². The third-order valence-electron chi connectivity index (χ3n) is 2.93. The van der Waals surface area contributed by atoms with Gasteiger partial charge in [0.15, 0.2) is 5.03 Å². The second-order valence-electron chi connectivity index (χ2n) is 4.55. The Labute approximate surface area is 135 Å². The summed E-state index contributed by atoms with van der Waals surface area (Å²) in [7, 11) is 1.54. The van der Waals surface area contributed by atoms with Crippen molar-refractivity contribution in [3.8, 4) is 5.75 Å². The van der Waals surface area contributed by atoms with Gasteiger partial charge >= 0.3 is 5.69 Å². The van der Waals surface area contributed by atoms with Gasteiger partial charge in [0.1, 0.15) is 5.75 Å². The molecule has 23 heavy (non-hydrogen) atoms. The van der Waals surface area contributed by atoms with E-state index in [1.165, 1.54) is 0 Å². The number of carbonyl (C=O) groups excluding carboxylic acids is 1. The number of nitrogens with zero attached hydrogens (tertiary/aromatic N) is 1. The predicted molar refractivity (Wildman–Crippen MR) is 87.0 cm³/mol. The minimum absolute atomic E-state index is 0.0391. The van der Waals surface area contributed by atoms with Gasteiger partial charge in [-0.1, -0.05) is 24.8 Å². The highest BCUT2D eigenvalue weighted by molar-refractivity contribution is 8.00. The van der Waals surface area contributed by atoms with Crippen molar-refractivity contribution in [3.63, 3.8) is 0 Å². The van der Waals surface area contributed by atoms with Crippen molar-refractivity contribution >= 4 is 23.4 Å². The molecule has 0 radical (unpaired) electrons. The molecule has 0 aliphatic rings. The predicted octanol–water partition coefficient (Wildman–Crippen LogP) is 0.976. The average molecular weight is 336 g/mol. The highest BCUT2D eigenvalue weighted by Crippen LogP contribution is 2.23. The van der Waals surface area contributed by atoms with Crippen LogP contribution in [-0.4, -0.2) is 33.4 Å². The molecule has 0 saturated heterocycles. The minimum Gasteiger partial charge on any atom is -0.497 e. The summed E-state index contributed by atoms with van der Waals surface area (Å²) in [6.45, 7) is 1.82. The van der Waals surface area contributed by atoms with Crippen LogP contribution in [0, 0.1) is 0 Å². The highest BCUT2D eigenvalue weighted by Gasteiger charge is 2.20. The Balaban J connectivity index is 2.11. The minimum atomic E-state index is -0.687. The topological polar surface area (TPSA) is 117 Å². The number of ether oxygens (including phenoxy) is 1. The SMILES string of the molecule is CC[C@H](Sc1n[nH]c(=O)[nH]c1=O)C(=O)Nc1cccc(OC)c1. The number of carbonyl (C=O) groups is 1. The first-order chi connectivity index (χ1) is 11.0. The fourth-order valence-corrected chi connectivity index (χ4v) is 2.66. The first-order valence-electron chi connectivity index (χ1n) is 6.84. The Morgan fingerprint density at radius 3 is 2.87 bits per heavy atom. The number of hydrogen-bond donors (Lipinski definition) is 3. The molecule has 1 amide bonds. The maximum atomic E-state index is 12.3. The molecule has 0 spiro atoms. The van der Waals surface area contributed by atoms with Gasteiger partial charge in [-0.25, -0.2) is 9.89 Å². The maximum absolute atomic E-state index is 12.3. The third kappa shape index (κ3) is 4.46. The van der Waals surface area contributed by atoms with E-state index in [4.69, 9.17) is 4.74 Å². The molecule has 0 saturated carbocycles. The van der Waals surface area contributed by atoms with Crippen molar-refractivity contribution in [2.24, 2.45) is 0 Å². The molecule has 2 rings (SSSR count). The van der Waals surface area contributed by atoms with Gasteiger partial charge in [0, 0.05) is 11.8 Å². The molecule has 122 valence electrons. The molecule has 1 atom stereocenters. The van der Waals surface area contributed by atoms with Crippen LogP contribution >= 0.6 is 11.8 Å². The number of H-pyrrole nitrogens is 2. The number of benzene rings is 1. The second-order valence-corrected chi connectivity index (χ2v) is 5.74. The number of nitrogens with one attached hydrogen (secondary N) is 3. The Bertz CT molecular complexity index is 802. The summed E-state index contributed by atoms with van der Waals surface area (Å²) in [5.74, 6) is 0.361. The smallest absolute Gasteiger partial charge is 0.342 e. The number of amides is 1. The number of thioether (sulfide) groups is 1. The lowest BCUT2D eigenvalue weighted by Gasteiger charge is -2.14. The van der Waals surface area contributed by atoms with E-state index in [1.54, 1.807) is 31.4 Å². The van der Waals surface area contributed by atoms with Crippen molar-refractivity contribution in [1.82, 2.24) is 15.2 Å². The Kier molecular flexibility index (Phi) is 5.58. The van der Waals surface area contributed by atoms with E-state index in [1.807, 2.05) is 6.92 Å². The lowest BCUT2D eigenvalue weighted by atomic mass is 10.2. The molecule has 2 aromatic rings. The standard InChI is InChI=1S/C14H16N4O4S/c1-3-10(23-13-12(20)16-14(21)18-17-13)11(19)15-8-5-4-6-9(7-8)22-2/h4-7,10H,3H2,1-2H3,(H,15,19)(H2,16,18,20,21)/t10-/m0/s1. The highest BCUT2D eigenvalue weighted by atomic mass is 32.2. The number of aromatic nitrogens is 3. The lowest BCUT2D eigenvalue weighted by molar-refractivity contribution is -0.115. The van der Waals surface area contributed by atoms with Crippen LogP contribution < -0.4 is 21.3 Å². The van der Waals surface area contributed by atoms with Gasteiger partial charge in [-0.2, -0.15) is 5.10 Å². The van der Waals surface area contributed by atoms with Crippen LogP contribution in [0.3, 0.4) is 0 Å². The van der Waals surface area contributed by atoms with Crippen LogP contribution in [0.15, 0.2) is 38.9 Å². The summed E-state index contributed by atoms with van der Waals surface area (Å²) < 4.78 is 5.10. The van der Waals surface area contributed by atoms with Gasteiger partial charge in [0.2, 0.25) is 5.91 Å². The zero-order valence-corrected chi connectivity index (χ0v) is 13.4. The summed E-state index contributed by atoms with van der Waals surface area (Å²) in [6.07, 6.45) is 0.487. The van der Waals surface area contributed by atoms with E-state index in [0.29, 0.717) is 17.9 Å². The number of hydrogen-bond acceptors (Lipinski definition) is 6. The summed E-state index contributed by atoms with van der Waals surface area (Å²) in [4.78, 5) is 37.0. The van der Waals surface area contributed by atoms with Crippen LogP contribution in [0.2, 0.25) is 0 Å². The fraction of sp³-hybridized carbons (Fsp3) is 0.286. The first-order valence-corrected chi connectivity index (χ1v) is 7.72. The number of methoxy groups -OCH3 is 1. The van der Waals surface area contributed by atoms with E-state index in [0.717, 1.165) is 11.8 Å². The van der Waals surface area contributed by atoms with E-state index < -0.39 is 16.5 Å². The number of rotatable bonds is 6. The average Bonchev–Trinajstić information content (AvgIpc) is 2.54. The quantitative estimate of drug-likeness (QED) is 0.677. The molecule has 0 fully saturated rings. The Morgan fingerprint density at radius 2 is 2.22 bits per heavy atom. The molecule has 1 aromatic heterocycles. The molecule has 0 unspecified atom stereocenters. The summed E-state index contributed by atoms with van der Waals surface area (Å²) in [6, 6.07) is 6.96. The zero-order valence-electron chi connectivity index (χ0n) is 12.6. The van der Waals surface area contributed by atoms with Crippen LogP contribution in [0.5, 0.6) is 5.75 Å². The molecule has 1 heterocycles. The van der Waals surface area contributed by atoms with Gasteiger partial charge in [0.05, 0.1) is 12.4 Å². The number of aromatic amines is 2. The van der Waals surface area contributed by atoms with Crippen molar-refractivity contribution < 1.29 is 9.53 Å². The summed E-state index contributed by atoms with van der Waals surface area (Å²) in [5.41, 5.74) is -0.712. The monoisotopic (exact) mass is 336 g/mol. The summed E-state index contributed by atoms with van der Waals surface area (Å²) >= 11 is 0.993. The van der Waals surface area contributed by atoms with Crippen molar-refractivity contribution in [1.29, 1.82) is 0 Å². The van der Waals surface area contributed by atoms with Crippen molar-refractivity contribution in [2.75, 3.05) is 12.4 Å². The lowest BCUT2D eigenvalue weighted by Crippen LogP contribution is -2.29. The maximum Gasteiger partial charge on any atom is 0.342 e. The molecular formula is C14H16N4O4S. The fourth-order valence-electron chi connectivity index (χ4n) is 1.80. The Hall–Kier alpha value is -2.55. The third-order valence-corrected chi connectivity index (χ3v) is 4.27. The van der Waals surface area contributed by atoms with Crippen LogP contribution in [-0.2, 0) is 4.79 Å². The molecule has 3 N–H and O–H groups in total. The van der Waals surface area contributed by atoms with E-state index in [-0.39, 0.29) is 10.9 Å². The zero-order chi connectivity index (χ0) is 16.8. The van der Waals surface area contributed by atoms with Gasteiger partial charge in [0.25, 0.3) is 5.56 Å². The van der Waals surface area contributed by atoms with Gasteiger partial charge in [-0.15, -0.1) is 0 Å².